The van der Waals surface area contributed by atoms with Crippen molar-refractivity contribution in [2.24, 2.45) is 0 Å². The molecule has 0 saturated heterocycles. The Morgan fingerprint density at radius 2 is 1.95 bits per heavy atom. The molecule has 1 aromatic carbocycles. The summed E-state index contributed by atoms with van der Waals surface area (Å²) in [6.45, 7) is 1.83. The Hall–Kier alpha value is -1.44. The number of rotatable bonds is 7. The summed E-state index contributed by atoms with van der Waals surface area (Å²) in [5, 5.41) is 8.69. The predicted molar refractivity (Wildman–Crippen MR) is 69.4 cm³/mol. The zero-order valence-electron chi connectivity index (χ0n) is 10.8. The largest absolute Gasteiger partial charge is 0.480 e. The highest BCUT2D eigenvalue weighted by Gasteiger charge is 2.21. The third-order valence-corrected chi connectivity index (χ3v) is 4.09. The molecule has 7 heteroatoms. The van der Waals surface area contributed by atoms with Crippen molar-refractivity contribution in [1.82, 2.24) is 4.72 Å². The molecule has 0 amide bonds. The van der Waals surface area contributed by atoms with Crippen molar-refractivity contribution in [3.8, 4) is 0 Å². The summed E-state index contributed by atoms with van der Waals surface area (Å²) >= 11 is 0. The molecular weight excluding hydrogens is 270 g/mol. The Bertz CT molecular complexity index is 524. The third kappa shape index (κ3) is 4.62. The van der Waals surface area contributed by atoms with E-state index >= 15 is 0 Å². The predicted octanol–water partition coefficient (Wildman–Crippen LogP) is 0.627. The van der Waals surface area contributed by atoms with Crippen LogP contribution in [-0.2, 0) is 26.0 Å². The second-order valence-electron chi connectivity index (χ2n) is 4.07. The van der Waals surface area contributed by atoms with Crippen LogP contribution in [0.1, 0.15) is 12.5 Å². The number of methoxy groups -OCH3 is 1. The van der Waals surface area contributed by atoms with Gasteiger partial charge >= 0.3 is 5.97 Å². The lowest BCUT2D eigenvalue weighted by molar-refractivity contribution is -0.138. The van der Waals surface area contributed by atoms with Gasteiger partial charge in [-0.1, -0.05) is 12.1 Å². The summed E-state index contributed by atoms with van der Waals surface area (Å²) in [6.07, 6.45) is 0.690. The minimum atomic E-state index is -3.80. The SMILES string of the molecule is COCCc1ccc(S(=O)(=O)N[C@H](C)C(=O)O)cc1. The maximum atomic E-state index is 11.9. The molecule has 0 spiro atoms. The van der Waals surface area contributed by atoms with Gasteiger partial charge in [0, 0.05) is 7.11 Å². The molecule has 1 rings (SSSR count). The first-order valence-corrected chi connectivity index (χ1v) is 7.18. The van der Waals surface area contributed by atoms with Crippen LogP contribution >= 0.6 is 0 Å². The molecule has 0 radical (unpaired) electrons. The summed E-state index contributed by atoms with van der Waals surface area (Å²) in [4.78, 5) is 10.7. The maximum Gasteiger partial charge on any atom is 0.321 e. The Kier molecular flexibility index (Phi) is 5.46. The number of benzene rings is 1. The fraction of sp³-hybridized carbons (Fsp3) is 0.417. The van der Waals surface area contributed by atoms with E-state index in [-0.39, 0.29) is 4.90 Å². The molecule has 0 fully saturated rings. The quantitative estimate of drug-likeness (QED) is 0.767. The van der Waals surface area contributed by atoms with Crippen molar-refractivity contribution < 1.29 is 23.1 Å². The van der Waals surface area contributed by atoms with Gasteiger partial charge < -0.3 is 9.84 Å². The van der Waals surface area contributed by atoms with Crippen molar-refractivity contribution in [2.75, 3.05) is 13.7 Å². The highest BCUT2D eigenvalue weighted by molar-refractivity contribution is 7.89. The Balaban J connectivity index is 2.81. The van der Waals surface area contributed by atoms with Gasteiger partial charge in [-0.05, 0) is 31.0 Å². The van der Waals surface area contributed by atoms with Crippen LogP contribution in [0.4, 0.5) is 0 Å². The number of carboxylic acid groups (broad SMARTS) is 1. The molecule has 0 aliphatic heterocycles. The number of hydrogen-bond acceptors (Lipinski definition) is 4. The topological polar surface area (TPSA) is 92.7 Å². The van der Waals surface area contributed by atoms with Gasteiger partial charge in [0.2, 0.25) is 10.0 Å². The van der Waals surface area contributed by atoms with Crippen LogP contribution in [0.2, 0.25) is 0 Å². The average Bonchev–Trinajstić information content (AvgIpc) is 2.36. The molecule has 0 aromatic heterocycles. The molecule has 106 valence electrons. The van der Waals surface area contributed by atoms with Crippen molar-refractivity contribution in [3.05, 3.63) is 29.8 Å². The van der Waals surface area contributed by atoms with Crippen molar-refractivity contribution in [2.45, 2.75) is 24.3 Å². The molecule has 6 nitrogen and oxygen atoms in total. The van der Waals surface area contributed by atoms with Gasteiger partial charge in [0.1, 0.15) is 6.04 Å². The van der Waals surface area contributed by atoms with Crippen LogP contribution in [0.5, 0.6) is 0 Å². The fourth-order valence-electron chi connectivity index (χ4n) is 1.41. The van der Waals surface area contributed by atoms with E-state index in [4.69, 9.17) is 9.84 Å². The van der Waals surface area contributed by atoms with E-state index in [2.05, 4.69) is 4.72 Å². The first-order chi connectivity index (χ1) is 8.86. The summed E-state index contributed by atoms with van der Waals surface area (Å²) in [5.74, 6) is -1.22. The van der Waals surface area contributed by atoms with Crippen LogP contribution in [0.25, 0.3) is 0 Å². The molecule has 0 heterocycles. The van der Waals surface area contributed by atoms with Gasteiger partial charge in [-0.15, -0.1) is 0 Å². The third-order valence-electron chi connectivity index (χ3n) is 2.53. The van der Waals surface area contributed by atoms with Crippen LogP contribution in [0.3, 0.4) is 0 Å². The highest BCUT2D eigenvalue weighted by atomic mass is 32.2. The zero-order valence-corrected chi connectivity index (χ0v) is 11.6. The van der Waals surface area contributed by atoms with E-state index in [0.29, 0.717) is 13.0 Å². The number of ether oxygens (including phenoxy) is 1. The van der Waals surface area contributed by atoms with Crippen LogP contribution < -0.4 is 4.72 Å². The monoisotopic (exact) mass is 287 g/mol. The van der Waals surface area contributed by atoms with Gasteiger partial charge in [-0.3, -0.25) is 4.79 Å². The number of carboxylic acids is 1. The van der Waals surface area contributed by atoms with Crippen LogP contribution in [0.15, 0.2) is 29.2 Å². The van der Waals surface area contributed by atoms with E-state index in [0.717, 1.165) is 5.56 Å². The fourth-order valence-corrected chi connectivity index (χ4v) is 2.60. The van der Waals surface area contributed by atoms with Crippen molar-refractivity contribution >= 4 is 16.0 Å². The highest BCUT2D eigenvalue weighted by Crippen LogP contribution is 2.11. The standard InChI is InChI=1S/C12H17NO5S/c1-9(12(14)15)13-19(16,17)11-5-3-10(4-6-11)7-8-18-2/h3-6,9,13H,7-8H2,1-2H3,(H,14,15)/t9-/m1/s1. The number of aliphatic carboxylic acids is 1. The smallest absolute Gasteiger partial charge is 0.321 e. The summed E-state index contributed by atoms with van der Waals surface area (Å²) in [7, 11) is -2.21. The second-order valence-corrected chi connectivity index (χ2v) is 5.78. The molecule has 0 aliphatic rings. The van der Waals surface area contributed by atoms with Gasteiger partial charge in [-0.2, -0.15) is 4.72 Å². The lowest BCUT2D eigenvalue weighted by Crippen LogP contribution is -2.38. The molecule has 0 aliphatic carbocycles. The number of hydrogen-bond donors (Lipinski definition) is 2. The summed E-state index contributed by atoms with van der Waals surface area (Å²) in [5.41, 5.74) is 0.951. The lowest BCUT2D eigenvalue weighted by atomic mass is 10.2. The summed E-state index contributed by atoms with van der Waals surface area (Å²) in [6, 6.07) is 5.08. The van der Waals surface area contributed by atoms with Gasteiger partial charge in [0.15, 0.2) is 0 Å². The molecule has 1 aromatic rings. The molecule has 0 unspecified atom stereocenters. The minimum absolute atomic E-state index is 0.0433. The van der Waals surface area contributed by atoms with E-state index < -0.39 is 22.0 Å². The number of carbonyl (C=O) groups is 1. The molecule has 0 bridgehead atoms. The molecule has 2 N–H and O–H groups in total. The van der Waals surface area contributed by atoms with Gasteiger partial charge in [-0.25, -0.2) is 8.42 Å². The summed E-state index contributed by atoms with van der Waals surface area (Å²) < 4.78 is 30.8. The maximum absolute atomic E-state index is 11.9. The zero-order chi connectivity index (χ0) is 14.5. The first-order valence-electron chi connectivity index (χ1n) is 5.70. The number of nitrogens with one attached hydrogen (secondary N) is 1. The van der Waals surface area contributed by atoms with E-state index in [1.165, 1.54) is 19.1 Å². The lowest BCUT2D eigenvalue weighted by Gasteiger charge is -2.10. The minimum Gasteiger partial charge on any atom is -0.480 e. The van der Waals surface area contributed by atoms with Gasteiger partial charge in [0.05, 0.1) is 11.5 Å². The molecule has 19 heavy (non-hydrogen) atoms. The Labute approximate surface area is 112 Å². The number of sulfonamides is 1. The van der Waals surface area contributed by atoms with Crippen LogP contribution in [0, 0.1) is 0 Å². The molecule has 0 saturated carbocycles. The van der Waals surface area contributed by atoms with Crippen molar-refractivity contribution in [1.29, 1.82) is 0 Å². The second kappa shape index (κ2) is 6.65. The Morgan fingerprint density at radius 3 is 2.42 bits per heavy atom. The van der Waals surface area contributed by atoms with Crippen LogP contribution in [-0.4, -0.2) is 39.3 Å². The molecule has 1 atom stereocenters. The Morgan fingerprint density at radius 1 is 1.37 bits per heavy atom. The first kappa shape index (κ1) is 15.6. The average molecular weight is 287 g/mol. The van der Waals surface area contributed by atoms with Gasteiger partial charge in [0.25, 0.3) is 0 Å². The molecular formula is C12H17NO5S. The van der Waals surface area contributed by atoms with E-state index in [1.54, 1.807) is 19.2 Å². The van der Waals surface area contributed by atoms with Crippen molar-refractivity contribution in [3.63, 3.8) is 0 Å². The van der Waals surface area contributed by atoms with E-state index in [1.807, 2.05) is 0 Å². The normalized spacial score (nSPS) is 13.2. The van der Waals surface area contributed by atoms with E-state index in [9.17, 15) is 13.2 Å².